The van der Waals surface area contributed by atoms with Gasteiger partial charge in [-0.15, -0.1) is 0 Å². The molecule has 0 saturated heterocycles. The van der Waals surface area contributed by atoms with Crippen molar-refractivity contribution in [2.24, 2.45) is 5.92 Å². The van der Waals surface area contributed by atoms with E-state index in [-0.39, 0.29) is 5.91 Å². The minimum absolute atomic E-state index is 0.0285. The van der Waals surface area contributed by atoms with E-state index >= 15 is 0 Å². The Morgan fingerprint density at radius 2 is 2.21 bits per heavy atom. The van der Waals surface area contributed by atoms with Crippen LogP contribution < -0.4 is 11.1 Å². The molecule has 2 atom stereocenters. The molecule has 3 N–H and O–H groups in total. The van der Waals surface area contributed by atoms with Crippen molar-refractivity contribution < 1.29 is 4.79 Å². The van der Waals surface area contributed by atoms with Crippen LogP contribution in [0.15, 0.2) is 18.2 Å². The average molecular weight is 260 g/mol. The third-order valence-corrected chi connectivity index (χ3v) is 4.15. The second-order valence-electron chi connectivity index (χ2n) is 5.70. The number of amides is 1. The van der Waals surface area contributed by atoms with Crippen LogP contribution in [0.2, 0.25) is 0 Å². The van der Waals surface area contributed by atoms with Gasteiger partial charge >= 0.3 is 0 Å². The second kappa shape index (κ2) is 6.09. The van der Waals surface area contributed by atoms with Gasteiger partial charge in [0.05, 0.1) is 5.56 Å². The van der Waals surface area contributed by atoms with Crippen molar-refractivity contribution in [1.82, 2.24) is 5.32 Å². The smallest absolute Gasteiger partial charge is 0.253 e. The molecule has 0 radical (unpaired) electrons. The summed E-state index contributed by atoms with van der Waals surface area (Å²) in [4.78, 5) is 12.2. The van der Waals surface area contributed by atoms with Crippen LogP contribution in [0.25, 0.3) is 0 Å². The molecule has 3 heteroatoms. The van der Waals surface area contributed by atoms with Gasteiger partial charge in [0.25, 0.3) is 5.91 Å². The van der Waals surface area contributed by atoms with E-state index in [1.54, 1.807) is 0 Å². The molecule has 0 heterocycles. The number of nitrogens with two attached hydrogens (primary N) is 1. The SMILES string of the molecule is CCC1CCCC(NC(=O)c2ccc(C)cc2N)C1. The van der Waals surface area contributed by atoms with Crippen LogP contribution in [0.3, 0.4) is 0 Å². The molecule has 3 nitrogen and oxygen atoms in total. The molecule has 0 spiro atoms. The van der Waals surface area contributed by atoms with Gasteiger partial charge in [0.1, 0.15) is 0 Å². The van der Waals surface area contributed by atoms with Gasteiger partial charge in [-0.2, -0.15) is 0 Å². The van der Waals surface area contributed by atoms with E-state index in [1.807, 2.05) is 25.1 Å². The van der Waals surface area contributed by atoms with Crippen molar-refractivity contribution in [3.63, 3.8) is 0 Å². The number of hydrogen-bond acceptors (Lipinski definition) is 2. The Bertz CT molecular complexity index is 456. The summed E-state index contributed by atoms with van der Waals surface area (Å²) in [6, 6.07) is 5.91. The Balaban J connectivity index is 2.00. The zero-order valence-electron chi connectivity index (χ0n) is 11.9. The molecule has 2 unspecified atom stereocenters. The summed E-state index contributed by atoms with van der Waals surface area (Å²) in [7, 11) is 0. The first kappa shape index (κ1) is 13.9. The molecule has 0 bridgehead atoms. The highest BCUT2D eigenvalue weighted by molar-refractivity contribution is 5.99. The van der Waals surface area contributed by atoms with E-state index in [0.29, 0.717) is 17.3 Å². The highest BCUT2D eigenvalue weighted by Gasteiger charge is 2.23. The summed E-state index contributed by atoms with van der Waals surface area (Å²) in [5.74, 6) is 0.730. The Labute approximate surface area is 115 Å². The maximum Gasteiger partial charge on any atom is 0.253 e. The number of aryl methyl sites for hydroxylation is 1. The summed E-state index contributed by atoms with van der Waals surface area (Å²) >= 11 is 0. The van der Waals surface area contributed by atoms with Crippen LogP contribution in [0.1, 0.15) is 54.9 Å². The number of carbonyl (C=O) groups is 1. The zero-order valence-corrected chi connectivity index (χ0v) is 11.9. The van der Waals surface area contributed by atoms with Gasteiger partial charge in [0.15, 0.2) is 0 Å². The highest BCUT2D eigenvalue weighted by Crippen LogP contribution is 2.27. The molecule has 0 aliphatic heterocycles. The van der Waals surface area contributed by atoms with Gasteiger partial charge < -0.3 is 11.1 Å². The number of hydrogen-bond donors (Lipinski definition) is 2. The van der Waals surface area contributed by atoms with Crippen molar-refractivity contribution in [2.45, 2.75) is 52.0 Å². The van der Waals surface area contributed by atoms with Crippen LogP contribution in [0.4, 0.5) is 5.69 Å². The Kier molecular flexibility index (Phi) is 4.46. The Morgan fingerprint density at radius 1 is 1.42 bits per heavy atom. The summed E-state index contributed by atoms with van der Waals surface area (Å²) in [5, 5.41) is 3.14. The first-order valence-electron chi connectivity index (χ1n) is 7.27. The number of rotatable bonds is 3. The van der Waals surface area contributed by atoms with Crippen molar-refractivity contribution in [1.29, 1.82) is 0 Å². The topological polar surface area (TPSA) is 55.1 Å². The van der Waals surface area contributed by atoms with Crippen molar-refractivity contribution in [2.75, 3.05) is 5.73 Å². The summed E-state index contributed by atoms with van der Waals surface area (Å²) in [6.07, 6.45) is 5.92. The maximum atomic E-state index is 12.2. The molecule has 2 rings (SSSR count). The van der Waals surface area contributed by atoms with Crippen molar-refractivity contribution in [3.05, 3.63) is 29.3 Å². The second-order valence-corrected chi connectivity index (χ2v) is 5.70. The normalized spacial score (nSPS) is 23.1. The van der Waals surface area contributed by atoms with Crippen LogP contribution in [-0.2, 0) is 0 Å². The average Bonchev–Trinajstić information content (AvgIpc) is 2.38. The number of nitrogen functional groups attached to an aromatic ring is 1. The van der Waals surface area contributed by atoms with Gasteiger partial charge in [-0.05, 0) is 43.4 Å². The summed E-state index contributed by atoms with van der Waals surface area (Å²) in [5.41, 5.74) is 8.17. The monoisotopic (exact) mass is 260 g/mol. The van der Waals surface area contributed by atoms with E-state index in [9.17, 15) is 4.79 Å². The Hall–Kier alpha value is -1.51. The predicted molar refractivity (Wildman–Crippen MR) is 79.1 cm³/mol. The molecule has 1 saturated carbocycles. The van der Waals surface area contributed by atoms with E-state index in [4.69, 9.17) is 5.73 Å². The molecule has 19 heavy (non-hydrogen) atoms. The first-order chi connectivity index (χ1) is 9.10. The fourth-order valence-electron chi connectivity index (χ4n) is 2.94. The van der Waals surface area contributed by atoms with Gasteiger partial charge in [0.2, 0.25) is 0 Å². The zero-order chi connectivity index (χ0) is 13.8. The van der Waals surface area contributed by atoms with E-state index in [1.165, 1.54) is 19.3 Å². The molecule has 0 aromatic heterocycles. The largest absolute Gasteiger partial charge is 0.398 e. The fraction of sp³-hybridized carbons (Fsp3) is 0.562. The van der Waals surface area contributed by atoms with E-state index in [0.717, 1.165) is 24.3 Å². The number of anilines is 1. The van der Waals surface area contributed by atoms with Crippen LogP contribution >= 0.6 is 0 Å². The first-order valence-corrected chi connectivity index (χ1v) is 7.27. The lowest BCUT2D eigenvalue weighted by Crippen LogP contribution is -2.38. The van der Waals surface area contributed by atoms with Gasteiger partial charge in [-0.1, -0.05) is 32.3 Å². The fourth-order valence-corrected chi connectivity index (χ4v) is 2.94. The molecule has 1 aliphatic rings. The molecular formula is C16H24N2O. The summed E-state index contributed by atoms with van der Waals surface area (Å²) < 4.78 is 0. The van der Waals surface area contributed by atoms with Crippen LogP contribution in [0.5, 0.6) is 0 Å². The molecule has 1 aliphatic carbocycles. The molecule has 1 amide bonds. The molecular weight excluding hydrogens is 236 g/mol. The number of carbonyl (C=O) groups excluding carboxylic acids is 1. The van der Waals surface area contributed by atoms with E-state index < -0.39 is 0 Å². The molecule has 1 aromatic carbocycles. The van der Waals surface area contributed by atoms with Crippen LogP contribution in [0, 0.1) is 12.8 Å². The molecule has 1 fully saturated rings. The summed E-state index contributed by atoms with van der Waals surface area (Å²) in [6.45, 7) is 4.21. The number of benzene rings is 1. The lowest BCUT2D eigenvalue weighted by atomic mass is 9.84. The quantitative estimate of drug-likeness (QED) is 0.819. The van der Waals surface area contributed by atoms with Crippen molar-refractivity contribution in [3.8, 4) is 0 Å². The maximum absolute atomic E-state index is 12.2. The van der Waals surface area contributed by atoms with Gasteiger partial charge in [0, 0.05) is 11.7 Å². The molecule has 1 aromatic rings. The highest BCUT2D eigenvalue weighted by atomic mass is 16.1. The minimum Gasteiger partial charge on any atom is -0.398 e. The molecule has 104 valence electrons. The van der Waals surface area contributed by atoms with E-state index in [2.05, 4.69) is 12.2 Å². The third kappa shape index (κ3) is 3.49. The van der Waals surface area contributed by atoms with Gasteiger partial charge in [-0.25, -0.2) is 0 Å². The Morgan fingerprint density at radius 3 is 2.89 bits per heavy atom. The van der Waals surface area contributed by atoms with Crippen molar-refractivity contribution >= 4 is 11.6 Å². The third-order valence-electron chi connectivity index (χ3n) is 4.15. The predicted octanol–water partition coefficient (Wildman–Crippen LogP) is 3.28. The number of nitrogens with one attached hydrogen (secondary N) is 1. The lowest BCUT2D eigenvalue weighted by molar-refractivity contribution is 0.0920. The minimum atomic E-state index is -0.0285. The standard InChI is InChI=1S/C16H24N2O/c1-3-12-5-4-6-13(10-12)18-16(19)14-8-7-11(2)9-15(14)17/h7-9,12-13H,3-6,10,17H2,1-2H3,(H,18,19). The van der Waals surface area contributed by atoms with Gasteiger partial charge in [-0.3, -0.25) is 4.79 Å². The van der Waals surface area contributed by atoms with Crippen LogP contribution in [-0.4, -0.2) is 11.9 Å². The lowest BCUT2D eigenvalue weighted by Gasteiger charge is -2.29.